The molecule has 0 radical (unpaired) electrons. The molecule has 10 N–H and O–H groups in total. The number of aliphatic hydroxyl groups is 10. The number of ether oxygens (including phenoxy) is 10. The van der Waals surface area contributed by atoms with Gasteiger partial charge >= 0.3 is 0 Å². The van der Waals surface area contributed by atoms with Gasteiger partial charge in [0.15, 0.2) is 30.9 Å². The summed E-state index contributed by atoms with van der Waals surface area (Å²) in [7, 11) is 0. The summed E-state index contributed by atoms with van der Waals surface area (Å²) in [6, 6.07) is 0. The highest BCUT2D eigenvalue weighted by Gasteiger charge is 2.69. The van der Waals surface area contributed by atoms with E-state index in [0.717, 1.165) is 51.6 Å². The average molecular weight is 1020 g/mol. The molecule has 1 spiro atoms. The number of rotatable bonds is 9. The van der Waals surface area contributed by atoms with E-state index in [-0.39, 0.29) is 16.9 Å². The molecule has 6 aliphatic heterocycles. The second-order valence-corrected chi connectivity index (χ2v) is 23.8. The molecule has 3 saturated carbocycles. The molecule has 0 unspecified atom stereocenters. The summed E-state index contributed by atoms with van der Waals surface area (Å²) >= 11 is 0. The van der Waals surface area contributed by atoms with Gasteiger partial charge in [-0.3, -0.25) is 0 Å². The second kappa shape index (κ2) is 20.1. The molecule has 4 aliphatic carbocycles. The summed E-state index contributed by atoms with van der Waals surface area (Å²) in [6.45, 7) is 14.1. The molecular formula is C51H82O20. The van der Waals surface area contributed by atoms with Gasteiger partial charge < -0.3 is 98.4 Å². The molecule has 10 aliphatic rings. The van der Waals surface area contributed by atoms with Crippen molar-refractivity contribution in [1.82, 2.24) is 0 Å². The SMILES string of the molecule is C[C@@H]1CC[C@@]2(OC1)O[C@H]1C[C@H]3[C@@H]4CC=C5C[C@@H](O[C@@H]6O[C@H](CO)[C@@H](O[C@H]7O[C@@H](C)[C@H](O[C@H]8O[C@@H](C)[C@H](O)[C@@H](O)[C@H]8O)[C@@H](O)[C@H]7O)[C@H](O)[C@H]6O[C@H]6O[C@@H](C)[C@H](O)[C@@H](O)[C@H]6O)CC[C@]5(C)[C@H]4CC[C@]3(C)[C@H]1[C@@H]2C. The Labute approximate surface area is 415 Å². The molecule has 406 valence electrons. The van der Waals surface area contributed by atoms with Gasteiger partial charge in [0.1, 0.15) is 79.4 Å². The van der Waals surface area contributed by atoms with Crippen LogP contribution in [-0.2, 0) is 47.4 Å². The highest BCUT2D eigenvalue weighted by molar-refractivity contribution is 5.26. The van der Waals surface area contributed by atoms with Crippen molar-refractivity contribution in [1.29, 1.82) is 0 Å². The van der Waals surface area contributed by atoms with E-state index in [4.69, 9.17) is 47.4 Å². The van der Waals surface area contributed by atoms with Gasteiger partial charge in [-0.1, -0.05) is 39.3 Å². The highest BCUT2D eigenvalue weighted by Crippen LogP contribution is 2.71. The van der Waals surface area contributed by atoms with E-state index >= 15 is 0 Å². The molecule has 31 atom stereocenters. The van der Waals surface area contributed by atoms with E-state index in [1.54, 1.807) is 0 Å². The maximum absolute atomic E-state index is 12.2. The van der Waals surface area contributed by atoms with Gasteiger partial charge in [0.25, 0.3) is 0 Å². The molecule has 0 aromatic rings. The number of fused-ring (bicyclic) bond motifs is 7. The zero-order valence-electron chi connectivity index (χ0n) is 42.1. The minimum atomic E-state index is -1.85. The van der Waals surface area contributed by atoms with Crippen LogP contribution in [0.2, 0.25) is 0 Å². The lowest BCUT2D eigenvalue weighted by Crippen LogP contribution is -2.67. The van der Waals surface area contributed by atoms with Gasteiger partial charge in [0.2, 0.25) is 0 Å². The van der Waals surface area contributed by atoms with Crippen molar-refractivity contribution < 1.29 is 98.4 Å². The molecule has 20 heteroatoms. The summed E-state index contributed by atoms with van der Waals surface area (Å²) in [5.74, 6) is 2.46. The van der Waals surface area contributed by atoms with Crippen LogP contribution in [0.5, 0.6) is 0 Å². The van der Waals surface area contributed by atoms with Crippen molar-refractivity contribution in [2.24, 2.45) is 46.3 Å². The fraction of sp³-hybridized carbons (Fsp3) is 0.961. The summed E-state index contributed by atoms with van der Waals surface area (Å²) in [6.07, 6.45) is -19.0. The molecule has 6 saturated heterocycles. The van der Waals surface area contributed by atoms with Crippen LogP contribution >= 0.6 is 0 Å². The Bertz CT molecular complexity index is 1890. The quantitative estimate of drug-likeness (QED) is 0.137. The smallest absolute Gasteiger partial charge is 0.187 e. The lowest BCUT2D eigenvalue weighted by molar-refractivity contribution is -0.394. The van der Waals surface area contributed by atoms with Crippen LogP contribution in [0.1, 0.15) is 106 Å². The summed E-state index contributed by atoms with van der Waals surface area (Å²) in [5, 5.41) is 109. The Hall–Kier alpha value is -1.06. The third-order valence-electron chi connectivity index (χ3n) is 19.7. The molecule has 6 heterocycles. The van der Waals surface area contributed by atoms with E-state index in [1.807, 2.05) is 0 Å². The van der Waals surface area contributed by atoms with Crippen LogP contribution in [-0.4, -0.2) is 205 Å². The maximum Gasteiger partial charge on any atom is 0.187 e. The van der Waals surface area contributed by atoms with Crippen molar-refractivity contribution >= 4 is 0 Å². The number of allylic oxidation sites excluding steroid dienone is 1. The highest BCUT2D eigenvalue weighted by atomic mass is 16.8. The van der Waals surface area contributed by atoms with Crippen LogP contribution in [0.3, 0.4) is 0 Å². The maximum atomic E-state index is 12.2. The Kier molecular flexibility index (Phi) is 15.1. The number of aliphatic hydroxyl groups excluding tert-OH is 10. The average Bonchev–Trinajstić information content (AvgIpc) is 3.79. The van der Waals surface area contributed by atoms with Gasteiger partial charge in [-0.2, -0.15) is 0 Å². The third kappa shape index (κ3) is 9.03. The van der Waals surface area contributed by atoms with Gasteiger partial charge in [0, 0.05) is 12.3 Å². The molecule has 71 heavy (non-hydrogen) atoms. The van der Waals surface area contributed by atoms with Gasteiger partial charge in [-0.15, -0.1) is 0 Å². The van der Waals surface area contributed by atoms with E-state index in [1.165, 1.54) is 26.3 Å². The Morgan fingerprint density at radius 1 is 0.592 bits per heavy atom. The van der Waals surface area contributed by atoms with Crippen LogP contribution in [0.4, 0.5) is 0 Å². The first-order valence-corrected chi connectivity index (χ1v) is 26.6. The van der Waals surface area contributed by atoms with E-state index in [0.29, 0.717) is 48.3 Å². The third-order valence-corrected chi connectivity index (χ3v) is 19.7. The number of hydrogen-bond acceptors (Lipinski definition) is 20. The van der Waals surface area contributed by atoms with Crippen molar-refractivity contribution in [3.8, 4) is 0 Å². The van der Waals surface area contributed by atoms with Gasteiger partial charge in [-0.05, 0) is 113 Å². The first kappa shape index (κ1) is 53.3. The lowest BCUT2D eigenvalue weighted by atomic mass is 9.47. The standard InChI is InChI=1S/C51H82O20/c1-20-10-15-51(62-19-20)21(2)32-30(71-51)17-29-27-9-8-25-16-26(11-13-49(25,6)28(27)12-14-50(29,32)7)66-48-44(70-46-39(59)36(56)34(54)23(4)64-46)41(61)43(31(18-52)67-48)69-47-40(60)37(57)42(24(5)65-47)68-45-38(58)35(55)33(53)22(3)63-45/h8,20-24,26-48,52-61H,9-19H2,1-7H3/t20-,21+,22+,23+,24+,26+,27-,28+,29+,30+,31-,32+,33+,34+,35-,36-,37+,38-,39-,40-,41+,42+,43-,44-,45-,46-,47-,48-,49+,50+,51-/m1/s1. The summed E-state index contributed by atoms with van der Waals surface area (Å²) in [5.41, 5.74) is 1.44. The minimum absolute atomic E-state index is 0.0569. The number of hydrogen-bond donors (Lipinski definition) is 10. The van der Waals surface area contributed by atoms with Gasteiger partial charge in [0.05, 0.1) is 43.7 Å². The zero-order chi connectivity index (χ0) is 50.8. The Morgan fingerprint density at radius 2 is 1.20 bits per heavy atom. The van der Waals surface area contributed by atoms with Crippen molar-refractivity contribution in [3.63, 3.8) is 0 Å². The van der Waals surface area contributed by atoms with Crippen molar-refractivity contribution in [2.75, 3.05) is 13.2 Å². The molecule has 9 fully saturated rings. The predicted octanol–water partition coefficient (Wildman–Crippen LogP) is 0.0935. The molecular weight excluding hydrogens is 933 g/mol. The Balaban J connectivity index is 0.836. The molecule has 0 bridgehead atoms. The first-order chi connectivity index (χ1) is 33.6. The monoisotopic (exact) mass is 1010 g/mol. The topological polar surface area (TPSA) is 295 Å². The fourth-order valence-electron chi connectivity index (χ4n) is 15.4. The molecule has 0 aromatic carbocycles. The largest absolute Gasteiger partial charge is 0.394 e. The van der Waals surface area contributed by atoms with Crippen LogP contribution in [0, 0.1) is 46.3 Å². The van der Waals surface area contributed by atoms with Gasteiger partial charge in [-0.25, -0.2) is 0 Å². The summed E-state index contributed by atoms with van der Waals surface area (Å²) < 4.78 is 62.2. The predicted molar refractivity (Wildman–Crippen MR) is 244 cm³/mol. The van der Waals surface area contributed by atoms with E-state index in [2.05, 4.69) is 33.8 Å². The lowest BCUT2D eigenvalue weighted by Gasteiger charge is -2.59. The molecule has 0 amide bonds. The van der Waals surface area contributed by atoms with Crippen LogP contribution in [0.25, 0.3) is 0 Å². The van der Waals surface area contributed by atoms with E-state index in [9.17, 15) is 51.1 Å². The normalized spacial score (nSPS) is 58.4. The van der Waals surface area contributed by atoms with E-state index < -0.39 is 141 Å². The molecule has 10 rings (SSSR count). The first-order valence-electron chi connectivity index (χ1n) is 26.6. The Morgan fingerprint density at radius 3 is 1.82 bits per heavy atom. The zero-order valence-corrected chi connectivity index (χ0v) is 42.1. The second-order valence-electron chi connectivity index (χ2n) is 23.8. The van der Waals surface area contributed by atoms with Crippen LogP contribution < -0.4 is 0 Å². The minimum Gasteiger partial charge on any atom is -0.394 e. The van der Waals surface area contributed by atoms with Crippen LogP contribution in [0.15, 0.2) is 11.6 Å². The van der Waals surface area contributed by atoms with Crippen molar-refractivity contribution in [2.45, 2.75) is 247 Å². The fourth-order valence-corrected chi connectivity index (χ4v) is 15.4. The summed E-state index contributed by atoms with van der Waals surface area (Å²) in [4.78, 5) is 0. The molecule has 20 nitrogen and oxygen atoms in total. The van der Waals surface area contributed by atoms with Crippen molar-refractivity contribution in [3.05, 3.63) is 11.6 Å². The molecule has 0 aromatic heterocycles.